The molecule has 0 atom stereocenters. The van der Waals surface area contributed by atoms with Gasteiger partial charge in [0.25, 0.3) is 0 Å². The molecule has 5 nitrogen and oxygen atoms in total. The lowest BCUT2D eigenvalue weighted by Crippen LogP contribution is -2.28. The van der Waals surface area contributed by atoms with Gasteiger partial charge in [-0.15, -0.1) is 0 Å². The number of anilines is 1. The molecule has 24 heavy (non-hydrogen) atoms. The third-order valence-corrected chi connectivity index (χ3v) is 3.34. The highest BCUT2D eigenvalue weighted by molar-refractivity contribution is 6.30. The van der Waals surface area contributed by atoms with Crippen LogP contribution in [0, 0.1) is 5.82 Å². The fourth-order valence-electron chi connectivity index (χ4n) is 1.92. The second kappa shape index (κ2) is 8.31. The van der Waals surface area contributed by atoms with E-state index >= 15 is 0 Å². The Hall–Kier alpha value is -2.60. The molecule has 2 aromatic carbocycles. The van der Waals surface area contributed by atoms with E-state index in [-0.39, 0.29) is 6.54 Å². The molecule has 0 aliphatic rings. The number of halogens is 2. The number of hydrogen-bond donors (Lipinski definition) is 2. The molecule has 0 spiro atoms. The van der Waals surface area contributed by atoms with Crippen LogP contribution in [-0.2, 0) is 11.3 Å². The van der Waals surface area contributed by atoms with Crippen LogP contribution in [0.4, 0.5) is 14.9 Å². The number of carbonyl (C=O) groups excluding carboxylic acids is 2. The summed E-state index contributed by atoms with van der Waals surface area (Å²) in [6.45, 7) is 2.04. The van der Waals surface area contributed by atoms with Gasteiger partial charge < -0.3 is 15.4 Å². The van der Waals surface area contributed by atoms with E-state index in [0.29, 0.717) is 28.4 Å². The van der Waals surface area contributed by atoms with Crippen molar-refractivity contribution in [3.63, 3.8) is 0 Å². The van der Waals surface area contributed by atoms with Gasteiger partial charge in [0.05, 0.1) is 12.2 Å². The van der Waals surface area contributed by atoms with Crippen molar-refractivity contribution < 1.29 is 18.7 Å². The van der Waals surface area contributed by atoms with Crippen LogP contribution in [0.2, 0.25) is 5.02 Å². The smallest absolute Gasteiger partial charge is 0.338 e. The van der Waals surface area contributed by atoms with Gasteiger partial charge in [0.2, 0.25) is 0 Å². The first-order chi connectivity index (χ1) is 11.5. The number of rotatable bonds is 5. The van der Waals surface area contributed by atoms with Gasteiger partial charge in [-0.05, 0) is 43.3 Å². The van der Waals surface area contributed by atoms with Crippen molar-refractivity contribution in [1.82, 2.24) is 5.32 Å². The zero-order valence-corrected chi connectivity index (χ0v) is 13.7. The van der Waals surface area contributed by atoms with Crippen molar-refractivity contribution in [1.29, 1.82) is 0 Å². The zero-order chi connectivity index (χ0) is 17.5. The second-order valence-electron chi connectivity index (χ2n) is 4.84. The van der Waals surface area contributed by atoms with Gasteiger partial charge in [-0.1, -0.05) is 17.7 Å². The fraction of sp³-hybridized carbons (Fsp3) is 0.176. The van der Waals surface area contributed by atoms with Gasteiger partial charge in [0.1, 0.15) is 5.82 Å². The van der Waals surface area contributed by atoms with Crippen LogP contribution in [0.15, 0.2) is 42.5 Å². The third kappa shape index (κ3) is 4.96. The minimum absolute atomic E-state index is 0.0236. The minimum Gasteiger partial charge on any atom is -0.462 e. The number of carbonyl (C=O) groups is 2. The number of hydrogen-bond acceptors (Lipinski definition) is 3. The predicted octanol–water partition coefficient (Wildman–Crippen LogP) is 3.98. The standard InChI is InChI=1S/C17H16ClFN2O3/c1-2-24-16(22)11-4-7-14(8-5-11)21-17(23)20-10-12-3-6-13(18)9-15(12)19/h3-9H,2,10H2,1H3,(H2,20,21,23). The third-order valence-electron chi connectivity index (χ3n) is 3.11. The Balaban J connectivity index is 1.89. The van der Waals surface area contributed by atoms with E-state index in [9.17, 15) is 14.0 Å². The molecular formula is C17H16ClFN2O3. The van der Waals surface area contributed by atoms with E-state index < -0.39 is 17.8 Å². The van der Waals surface area contributed by atoms with Gasteiger partial charge >= 0.3 is 12.0 Å². The Morgan fingerprint density at radius 1 is 1.17 bits per heavy atom. The average Bonchev–Trinajstić information content (AvgIpc) is 2.55. The quantitative estimate of drug-likeness (QED) is 0.801. The number of nitrogens with one attached hydrogen (secondary N) is 2. The molecule has 0 heterocycles. The topological polar surface area (TPSA) is 67.4 Å². The Morgan fingerprint density at radius 2 is 1.88 bits per heavy atom. The van der Waals surface area contributed by atoms with Crippen LogP contribution in [0.5, 0.6) is 0 Å². The summed E-state index contributed by atoms with van der Waals surface area (Å²) in [5.74, 6) is -0.909. The summed E-state index contributed by atoms with van der Waals surface area (Å²) in [4.78, 5) is 23.3. The summed E-state index contributed by atoms with van der Waals surface area (Å²) in [7, 11) is 0. The molecule has 2 amide bonds. The van der Waals surface area contributed by atoms with Crippen molar-refractivity contribution in [3.05, 3.63) is 64.4 Å². The van der Waals surface area contributed by atoms with E-state index in [1.807, 2.05) is 0 Å². The second-order valence-corrected chi connectivity index (χ2v) is 5.28. The summed E-state index contributed by atoms with van der Waals surface area (Å²) in [5, 5.41) is 5.43. The van der Waals surface area contributed by atoms with Crippen molar-refractivity contribution in [2.75, 3.05) is 11.9 Å². The number of urea groups is 1. The van der Waals surface area contributed by atoms with Crippen LogP contribution < -0.4 is 10.6 Å². The van der Waals surface area contributed by atoms with E-state index in [1.54, 1.807) is 37.3 Å². The highest BCUT2D eigenvalue weighted by atomic mass is 35.5. The van der Waals surface area contributed by atoms with E-state index in [4.69, 9.17) is 16.3 Å². The number of benzene rings is 2. The Morgan fingerprint density at radius 3 is 2.50 bits per heavy atom. The Kier molecular flexibility index (Phi) is 6.14. The number of esters is 1. The molecule has 0 aromatic heterocycles. The van der Waals surface area contributed by atoms with E-state index in [0.717, 1.165) is 0 Å². The van der Waals surface area contributed by atoms with Crippen LogP contribution in [0.1, 0.15) is 22.8 Å². The summed E-state index contributed by atoms with van der Waals surface area (Å²) < 4.78 is 18.5. The first kappa shape index (κ1) is 17.7. The van der Waals surface area contributed by atoms with Crippen LogP contribution in [0.3, 0.4) is 0 Å². The Labute approximate surface area is 143 Å². The van der Waals surface area contributed by atoms with Gasteiger partial charge in [0, 0.05) is 22.8 Å². The fourth-order valence-corrected chi connectivity index (χ4v) is 2.08. The maximum absolute atomic E-state index is 13.6. The van der Waals surface area contributed by atoms with Gasteiger partial charge in [0.15, 0.2) is 0 Å². The molecule has 0 bridgehead atoms. The average molecular weight is 351 g/mol. The summed E-state index contributed by atoms with van der Waals surface area (Å²) in [6.07, 6.45) is 0. The maximum atomic E-state index is 13.6. The van der Waals surface area contributed by atoms with Gasteiger partial charge in [-0.25, -0.2) is 14.0 Å². The largest absolute Gasteiger partial charge is 0.462 e. The van der Waals surface area contributed by atoms with Crippen molar-refractivity contribution in [2.45, 2.75) is 13.5 Å². The zero-order valence-electron chi connectivity index (χ0n) is 12.9. The number of ether oxygens (including phenoxy) is 1. The molecule has 2 N–H and O–H groups in total. The number of amides is 2. The molecule has 0 aliphatic carbocycles. The van der Waals surface area contributed by atoms with Crippen LogP contribution in [-0.4, -0.2) is 18.6 Å². The molecule has 0 unspecified atom stereocenters. The molecule has 2 rings (SSSR count). The highest BCUT2D eigenvalue weighted by Crippen LogP contribution is 2.14. The van der Waals surface area contributed by atoms with Crippen molar-refractivity contribution in [2.24, 2.45) is 0 Å². The van der Waals surface area contributed by atoms with Crippen molar-refractivity contribution >= 4 is 29.3 Å². The molecule has 0 fully saturated rings. The molecule has 0 saturated carbocycles. The summed E-state index contributed by atoms with van der Waals surface area (Å²) in [5.41, 5.74) is 1.22. The molecular weight excluding hydrogens is 335 g/mol. The summed E-state index contributed by atoms with van der Waals surface area (Å²) >= 11 is 5.67. The van der Waals surface area contributed by atoms with E-state index in [2.05, 4.69) is 10.6 Å². The van der Waals surface area contributed by atoms with Crippen LogP contribution in [0.25, 0.3) is 0 Å². The molecule has 0 radical (unpaired) electrons. The van der Waals surface area contributed by atoms with Gasteiger partial charge in [-0.3, -0.25) is 0 Å². The van der Waals surface area contributed by atoms with Gasteiger partial charge in [-0.2, -0.15) is 0 Å². The normalized spacial score (nSPS) is 10.1. The first-order valence-electron chi connectivity index (χ1n) is 7.25. The molecule has 2 aromatic rings. The minimum atomic E-state index is -0.492. The molecule has 126 valence electrons. The van der Waals surface area contributed by atoms with E-state index in [1.165, 1.54) is 12.1 Å². The van der Waals surface area contributed by atoms with Crippen LogP contribution >= 0.6 is 11.6 Å². The molecule has 7 heteroatoms. The lowest BCUT2D eigenvalue weighted by molar-refractivity contribution is 0.0526. The molecule has 0 aliphatic heterocycles. The first-order valence-corrected chi connectivity index (χ1v) is 7.63. The maximum Gasteiger partial charge on any atom is 0.338 e. The molecule has 0 saturated heterocycles. The highest BCUT2D eigenvalue weighted by Gasteiger charge is 2.08. The monoisotopic (exact) mass is 350 g/mol. The lowest BCUT2D eigenvalue weighted by atomic mass is 10.2. The SMILES string of the molecule is CCOC(=O)c1ccc(NC(=O)NCc2ccc(Cl)cc2F)cc1. The predicted molar refractivity (Wildman–Crippen MR) is 89.7 cm³/mol. The summed E-state index contributed by atoms with van der Waals surface area (Å²) in [6, 6.07) is 10.0. The van der Waals surface area contributed by atoms with Crippen molar-refractivity contribution in [3.8, 4) is 0 Å². The lowest BCUT2D eigenvalue weighted by Gasteiger charge is -2.09. The Bertz CT molecular complexity index is 735.